The predicted octanol–water partition coefficient (Wildman–Crippen LogP) is 3.81. The summed E-state index contributed by atoms with van der Waals surface area (Å²) in [5.41, 5.74) is 0.769. The van der Waals surface area contributed by atoms with E-state index >= 15 is 0 Å². The highest BCUT2D eigenvalue weighted by Crippen LogP contribution is 2.32. The number of carbonyl (C=O) groups excluding carboxylic acids is 1. The number of pyridine rings is 1. The van der Waals surface area contributed by atoms with E-state index < -0.39 is 17.7 Å². The molecule has 0 unspecified atom stereocenters. The summed E-state index contributed by atoms with van der Waals surface area (Å²) < 4.78 is 44.6. The van der Waals surface area contributed by atoms with Gasteiger partial charge in [0.2, 0.25) is 0 Å². The van der Waals surface area contributed by atoms with Gasteiger partial charge in [-0.2, -0.15) is 13.2 Å². The normalized spacial score (nSPS) is 11.7. The number of aromatic nitrogens is 2. The van der Waals surface area contributed by atoms with Crippen LogP contribution in [0.15, 0.2) is 48.8 Å². The molecule has 0 saturated heterocycles. The number of ether oxygens (including phenoxy) is 1. The topological polar surface area (TPSA) is 43.6 Å². The summed E-state index contributed by atoms with van der Waals surface area (Å²) in [6.07, 6.45) is -1.20. The molecule has 23 heavy (non-hydrogen) atoms. The summed E-state index contributed by atoms with van der Waals surface area (Å²) in [6, 6.07) is 8.01. The van der Waals surface area contributed by atoms with Crippen LogP contribution in [0.4, 0.5) is 13.2 Å². The molecule has 2 heterocycles. The number of halogens is 3. The van der Waals surface area contributed by atoms with Crippen LogP contribution < -0.4 is 0 Å². The predicted molar refractivity (Wildman–Crippen MR) is 77.0 cm³/mol. The first-order valence-electron chi connectivity index (χ1n) is 6.63. The number of nitrogens with zero attached hydrogens (tertiary/aromatic N) is 2. The number of imidazole rings is 1. The van der Waals surface area contributed by atoms with Gasteiger partial charge in [0.15, 0.2) is 0 Å². The Balaban J connectivity index is 2.05. The van der Waals surface area contributed by atoms with Crippen molar-refractivity contribution >= 4 is 11.6 Å². The van der Waals surface area contributed by atoms with E-state index in [4.69, 9.17) is 0 Å². The molecular weight excluding hydrogens is 309 g/mol. The van der Waals surface area contributed by atoms with E-state index in [0.29, 0.717) is 22.5 Å². The van der Waals surface area contributed by atoms with Crippen molar-refractivity contribution < 1.29 is 22.7 Å². The number of rotatable bonds is 2. The van der Waals surface area contributed by atoms with Gasteiger partial charge in [0, 0.05) is 18.0 Å². The van der Waals surface area contributed by atoms with Crippen molar-refractivity contribution in [2.24, 2.45) is 0 Å². The van der Waals surface area contributed by atoms with Gasteiger partial charge in [-0.1, -0.05) is 12.1 Å². The van der Waals surface area contributed by atoms with Gasteiger partial charge in [-0.05, 0) is 24.3 Å². The van der Waals surface area contributed by atoms with Crippen LogP contribution in [0.25, 0.3) is 16.9 Å². The van der Waals surface area contributed by atoms with Crippen LogP contribution in [0.3, 0.4) is 0 Å². The van der Waals surface area contributed by atoms with E-state index in [2.05, 4.69) is 9.72 Å². The lowest BCUT2D eigenvalue weighted by Crippen LogP contribution is -2.04. The van der Waals surface area contributed by atoms with E-state index in [1.165, 1.54) is 19.2 Å². The number of hydrogen-bond acceptors (Lipinski definition) is 3. The van der Waals surface area contributed by atoms with Gasteiger partial charge >= 0.3 is 12.1 Å². The Morgan fingerprint density at radius 1 is 1.22 bits per heavy atom. The van der Waals surface area contributed by atoms with Crippen LogP contribution in [-0.2, 0) is 10.9 Å². The molecule has 1 aromatic carbocycles. The van der Waals surface area contributed by atoms with Crippen molar-refractivity contribution in [1.82, 2.24) is 9.38 Å². The minimum Gasteiger partial charge on any atom is -0.465 e. The molecule has 118 valence electrons. The molecule has 0 aliphatic heterocycles. The van der Waals surface area contributed by atoms with Crippen molar-refractivity contribution in [3.8, 4) is 11.3 Å². The zero-order valence-corrected chi connectivity index (χ0v) is 12.0. The highest BCUT2D eigenvalue weighted by molar-refractivity contribution is 5.90. The summed E-state index contributed by atoms with van der Waals surface area (Å²) in [4.78, 5) is 15.8. The molecule has 0 N–H and O–H groups in total. The van der Waals surface area contributed by atoms with Gasteiger partial charge in [0.1, 0.15) is 5.65 Å². The molecule has 0 bridgehead atoms. The van der Waals surface area contributed by atoms with Crippen LogP contribution in [0, 0.1) is 0 Å². The first-order valence-corrected chi connectivity index (χ1v) is 6.63. The largest absolute Gasteiger partial charge is 0.465 e. The van der Waals surface area contributed by atoms with Crippen LogP contribution >= 0.6 is 0 Å². The molecule has 3 aromatic rings. The van der Waals surface area contributed by atoms with Gasteiger partial charge in [0.05, 0.1) is 23.9 Å². The molecular formula is C16H11F3N2O2. The maximum absolute atomic E-state index is 12.8. The fourth-order valence-electron chi connectivity index (χ4n) is 2.22. The first-order chi connectivity index (χ1) is 10.9. The maximum Gasteiger partial charge on any atom is 0.416 e. The molecule has 0 atom stereocenters. The molecule has 0 spiro atoms. The lowest BCUT2D eigenvalue weighted by molar-refractivity contribution is -0.137. The molecule has 0 radical (unpaired) electrons. The van der Waals surface area contributed by atoms with Crippen LogP contribution in [-0.4, -0.2) is 22.5 Å². The van der Waals surface area contributed by atoms with Gasteiger partial charge in [0.25, 0.3) is 0 Å². The second-order valence-electron chi connectivity index (χ2n) is 4.88. The number of carbonyl (C=O) groups is 1. The molecule has 0 aliphatic carbocycles. The number of esters is 1. The number of benzene rings is 1. The van der Waals surface area contributed by atoms with E-state index in [1.807, 2.05) is 0 Å². The Morgan fingerprint density at radius 2 is 2.00 bits per heavy atom. The quantitative estimate of drug-likeness (QED) is 0.675. The number of methoxy groups -OCH3 is 1. The van der Waals surface area contributed by atoms with Crippen LogP contribution in [0.2, 0.25) is 0 Å². The summed E-state index contributed by atoms with van der Waals surface area (Å²) in [7, 11) is 1.27. The molecule has 0 saturated carbocycles. The Kier molecular flexibility index (Phi) is 3.55. The summed E-state index contributed by atoms with van der Waals surface area (Å²) in [5.74, 6) is -0.504. The third-order valence-electron chi connectivity index (χ3n) is 3.37. The minimum absolute atomic E-state index is 0.321. The minimum atomic E-state index is -4.41. The fourth-order valence-corrected chi connectivity index (χ4v) is 2.22. The smallest absolute Gasteiger partial charge is 0.416 e. The van der Waals surface area contributed by atoms with Crippen molar-refractivity contribution in [3.63, 3.8) is 0 Å². The second kappa shape index (κ2) is 5.42. The lowest BCUT2D eigenvalue weighted by Gasteiger charge is -2.07. The highest BCUT2D eigenvalue weighted by Gasteiger charge is 2.30. The van der Waals surface area contributed by atoms with Gasteiger partial charge < -0.3 is 9.14 Å². The second-order valence-corrected chi connectivity index (χ2v) is 4.88. The number of alkyl halides is 3. The molecule has 2 aromatic heterocycles. The van der Waals surface area contributed by atoms with Gasteiger partial charge in [-0.25, -0.2) is 9.78 Å². The average Bonchev–Trinajstić information content (AvgIpc) is 2.96. The fraction of sp³-hybridized carbons (Fsp3) is 0.125. The maximum atomic E-state index is 12.8. The average molecular weight is 320 g/mol. The first kappa shape index (κ1) is 15.1. The standard InChI is InChI=1S/C16H11F3N2O2/c1-23-15(22)11-5-6-21-9-13(20-14(21)8-11)10-3-2-4-12(7-10)16(17,18)19/h2-9H,1H3. The molecule has 0 fully saturated rings. The molecule has 3 rings (SSSR count). The molecule has 0 amide bonds. The highest BCUT2D eigenvalue weighted by atomic mass is 19.4. The van der Waals surface area contributed by atoms with Crippen molar-refractivity contribution in [2.75, 3.05) is 7.11 Å². The monoisotopic (exact) mass is 320 g/mol. The molecule has 4 nitrogen and oxygen atoms in total. The van der Waals surface area contributed by atoms with Crippen molar-refractivity contribution in [2.45, 2.75) is 6.18 Å². The summed E-state index contributed by atoms with van der Waals surface area (Å²) >= 11 is 0. The van der Waals surface area contributed by atoms with E-state index in [1.54, 1.807) is 28.9 Å². The van der Waals surface area contributed by atoms with E-state index in [9.17, 15) is 18.0 Å². The van der Waals surface area contributed by atoms with Crippen molar-refractivity contribution in [3.05, 3.63) is 59.9 Å². The Hall–Kier alpha value is -2.83. The Bertz CT molecular complexity index is 884. The van der Waals surface area contributed by atoms with E-state index in [-0.39, 0.29) is 0 Å². The molecule has 7 heteroatoms. The summed E-state index contributed by atoms with van der Waals surface area (Å²) in [6.45, 7) is 0. The lowest BCUT2D eigenvalue weighted by atomic mass is 10.1. The zero-order valence-electron chi connectivity index (χ0n) is 12.0. The van der Waals surface area contributed by atoms with Crippen molar-refractivity contribution in [1.29, 1.82) is 0 Å². The van der Waals surface area contributed by atoms with Crippen LogP contribution in [0.5, 0.6) is 0 Å². The SMILES string of the molecule is COC(=O)c1ccn2cc(-c3cccc(C(F)(F)F)c3)nc2c1. The third-order valence-corrected chi connectivity index (χ3v) is 3.37. The van der Waals surface area contributed by atoms with Crippen LogP contribution in [0.1, 0.15) is 15.9 Å². The molecule has 0 aliphatic rings. The number of fused-ring (bicyclic) bond motifs is 1. The van der Waals surface area contributed by atoms with Gasteiger partial charge in [-0.3, -0.25) is 0 Å². The summed E-state index contributed by atoms with van der Waals surface area (Å²) in [5, 5.41) is 0. The van der Waals surface area contributed by atoms with E-state index in [0.717, 1.165) is 12.1 Å². The number of hydrogen-bond donors (Lipinski definition) is 0. The Labute approximate surface area is 129 Å². The Morgan fingerprint density at radius 3 is 2.70 bits per heavy atom. The zero-order chi connectivity index (χ0) is 16.6. The third kappa shape index (κ3) is 2.90. The van der Waals surface area contributed by atoms with Gasteiger partial charge in [-0.15, -0.1) is 0 Å².